The molecule has 0 amide bonds. The van der Waals surface area contributed by atoms with E-state index < -0.39 is 0 Å². The van der Waals surface area contributed by atoms with E-state index in [-0.39, 0.29) is 0 Å². The highest BCUT2D eigenvalue weighted by atomic mass is 16.5. The third-order valence-corrected chi connectivity index (χ3v) is 3.79. The molecule has 1 unspecified atom stereocenters. The lowest BCUT2D eigenvalue weighted by molar-refractivity contribution is 0.0137. The molecule has 0 aliphatic carbocycles. The lowest BCUT2D eigenvalue weighted by Crippen LogP contribution is -2.37. The van der Waals surface area contributed by atoms with Crippen LogP contribution in [0.3, 0.4) is 0 Å². The Morgan fingerprint density at radius 3 is 2.11 bits per heavy atom. The van der Waals surface area contributed by atoms with E-state index in [4.69, 9.17) is 14.2 Å². The van der Waals surface area contributed by atoms with Gasteiger partial charge in [-0.15, -0.1) is 0 Å². The van der Waals surface area contributed by atoms with Crippen LogP contribution in [0.25, 0.3) is 0 Å². The Hall–Kier alpha value is -0.160. The third kappa shape index (κ3) is 9.38. The highest BCUT2D eigenvalue weighted by Crippen LogP contribution is 2.30. The first-order valence-corrected chi connectivity index (χ1v) is 7.42. The number of nitrogens with one attached hydrogen (secondary N) is 1. The highest BCUT2D eigenvalue weighted by molar-refractivity contribution is 4.79. The smallest absolute Gasteiger partial charge is 0.0701 e. The van der Waals surface area contributed by atoms with Crippen molar-refractivity contribution in [1.29, 1.82) is 0 Å². The topological polar surface area (TPSA) is 39.7 Å². The molecule has 1 N–H and O–H groups in total. The van der Waals surface area contributed by atoms with Gasteiger partial charge in [0.25, 0.3) is 0 Å². The molecule has 0 aromatic rings. The van der Waals surface area contributed by atoms with Gasteiger partial charge in [-0.25, -0.2) is 0 Å². The average Bonchev–Trinajstić information content (AvgIpc) is 2.39. The molecule has 0 bridgehead atoms. The summed E-state index contributed by atoms with van der Waals surface area (Å²) in [5.41, 5.74) is 0.299. The number of hydrogen-bond acceptors (Lipinski definition) is 4. The summed E-state index contributed by atoms with van der Waals surface area (Å²) in [6, 6.07) is 0. The fourth-order valence-corrected chi connectivity index (χ4v) is 1.76. The first-order chi connectivity index (χ1) is 9.06. The van der Waals surface area contributed by atoms with E-state index in [2.05, 4.69) is 33.0 Å². The first-order valence-electron chi connectivity index (χ1n) is 7.42. The second-order valence-electron chi connectivity index (χ2n) is 5.56. The molecule has 0 aliphatic heterocycles. The fraction of sp³-hybridized carbons (Fsp3) is 1.00. The lowest BCUT2D eigenvalue weighted by atomic mass is 9.76. The molecule has 0 spiro atoms. The van der Waals surface area contributed by atoms with Crippen molar-refractivity contribution in [1.82, 2.24) is 5.32 Å². The van der Waals surface area contributed by atoms with Crippen molar-refractivity contribution in [2.24, 2.45) is 11.3 Å². The van der Waals surface area contributed by atoms with Gasteiger partial charge in [0.05, 0.1) is 26.4 Å². The molecule has 0 radical (unpaired) electrons. The zero-order chi connectivity index (χ0) is 14.6. The van der Waals surface area contributed by atoms with Crippen LogP contribution in [0, 0.1) is 11.3 Å². The van der Waals surface area contributed by atoms with Gasteiger partial charge in [0, 0.05) is 20.3 Å². The van der Waals surface area contributed by atoms with Gasteiger partial charge >= 0.3 is 0 Å². The van der Waals surface area contributed by atoms with E-state index in [1.165, 1.54) is 0 Å². The number of ether oxygens (including phenoxy) is 3. The summed E-state index contributed by atoms with van der Waals surface area (Å²) < 4.78 is 15.9. The van der Waals surface area contributed by atoms with Gasteiger partial charge in [-0.05, 0) is 24.3 Å². The fourth-order valence-electron chi connectivity index (χ4n) is 1.76. The number of methoxy groups -OCH3 is 1. The maximum Gasteiger partial charge on any atom is 0.0701 e. The summed E-state index contributed by atoms with van der Waals surface area (Å²) in [7, 11) is 1.68. The molecular formula is C15H33NO3. The SMILES string of the molecule is CCNCC(C)(CCOCCOCCOC)C(C)C. The van der Waals surface area contributed by atoms with Crippen LogP contribution >= 0.6 is 0 Å². The molecule has 19 heavy (non-hydrogen) atoms. The zero-order valence-corrected chi connectivity index (χ0v) is 13.5. The Morgan fingerprint density at radius 2 is 1.58 bits per heavy atom. The molecule has 116 valence electrons. The molecule has 4 nitrogen and oxygen atoms in total. The Kier molecular flexibility index (Phi) is 11.6. The molecule has 0 saturated carbocycles. The van der Waals surface area contributed by atoms with E-state index in [9.17, 15) is 0 Å². The van der Waals surface area contributed by atoms with Gasteiger partial charge in [-0.3, -0.25) is 0 Å². The molecule has 0 aromatic carbocycles. The largest absolute Gasteiger partial charge is 0.382 e. The van der Waals surface area contributed by atoms with Crippen LogP contribution in [0.2, 0.25) is 0 Å². The molecule has 4 heteroatoms. The van der Waals surface area contributed by atoms with Gasteiger partial charge < -0.3 is 19.5 Å². The van der Waals surface area contributed by atoms with Gasteiger partial charge in [-0.2, -0.15) is 0 Å². The van der Waals surface area contributed by atoms with Crippen molar-refractivity contribution >= 4 is 0 Å². The lowest BCUT2D eigenvalue weighted by Gasteiger charge is -2.34. The van der Waals surface area contributed by atoms with Crippen molar-refractivity contribution in [2.75, 3.05) is 53.2 Å². The van der Waals surface area contributed by atoms with Crippen LogP contribution in [-0.4, -0.2) is 53.2 Å². The van der Waals surface area contributed by atoms with Gasteiger partial charge in [0.15, 0.2) is 0 Å². The zero-order valence-electron chi connectivity index (χ0n) is 13.5. The van der Waals surface area contributed by atoms with Crippen LogP contribution in [0.4, 0.5) is 0 Å². The summed E-state index contributed by atoms with van der Waals surface area (Å²) in [6.07, 6.45) is 1.08. The summed E-state index contributed by atoms with van der Waals surface area (Å²) in [5.74, 6) is 0.646. The Morgan fingerprint density at radius 1 is 1.00 bits per heavy atom. The van der Waals surface area contributed by atoms with E-state index in [0.29, 0.717) is 37.8 Å². The van der Waals surface area contributed by atoms with Crippen LogP contribution in [0.1, 0.15) is 34.1 Å². The minimum Gasteiger partial charge on any atom is -0.382 e. The van der Waals surface area contributed by atoms with Crippen molar-refractivity contribution in [3.05, 3.63) is 0 Å². The van der Waals surface area contributed by atoms with Crippen molar-refractivity contribution in [3.63, 3.8) is 0 Å². The van der Waals surface area contributed by atoms with E-state index in [1.54, 1.807) is 7.11 Å². The molecule has 0 aromatic heterocycles. The molecule has 1 atom stereocenters. The minimum absolute atomic E-state index is 0.299. The third-order valence-electron chi connectivity index (χ3n) is 3.79. The van der Waals surface area contributed by atoms with Gasteiger partial charge in [0.2, 0.25) is 0 Å². The molecule has 0 rings (SSSR count). The Balaban J connectivity index is 3.64. The normalized spacial score (nSPS) is 14.8. The number of hydrogen-bond donors (Lipinski definition) is 1. The van der Waals surface area contributed by atoms with Crippen LogP contribution < -0.4 is 5.32 Å². The molecule has 0 aliphatic rings. The molecular weight excluding hydrogens is 242 g/mol. The first kappa shape index (κ1) is 18.8. The number of rotatable bonds is 13. The Bertz CT molecular complexity index is 200. The van der Waals surface area contributed by atoms with Crippen LogP contribution in [0.15, 0.2) is 0 Å². The second kappa shape index (κ2) is 11.6. The maximum atomic E-state index is 5.65. The molecule has 0 saturated heterocycles. The van der Waals surface area contributed by atoms with Crippen LogP contribution in [0.5, 0.6) is 0 Å². The Labute approximate surface area is 119 Å². The van der Waals surface area contributed by atoms with Gasteiger partial charge in [0.1, 0.15) is 0 Å². The minimum atomic E-state index is 0.299. The second-order valence-corrected chi connectivity index (χ2v) is 5.56. The standard InChI is InChI=1S/C15H33NO3/c1-6-16-13-15(4,14(2)3)7-8-18-11-12-19-10-9-17-5/h14,16H,6-13H2,1-5H3. The van der Waals surface area contributed by atoms with Gasteiger partial charge in [-0.1, -0.05) is 27.7 Å². The van der Waals surface area contributed by atoms with Crippen molar-refractivity contribution in [2.45, 2.75) is 34.1 Å². The summed E-state index contributed by atoms with van der Waals surface area (Å²) >= 11 is 0. The van der Waals surface area contributed by atoms with E-state index in [0.717, 1.165) is 26.1 Å². The highest BCUT2D eigenvalue weighted by Gasteiger charge is 2.27. The van der Waals surface area contributed by atoms with E-state index >= 15 is 0 Å². The quantitative estimate of drug-likeness (QED) is 0.524. The van der Waals surface area contributed by atoms with Crippen molar-refractivity contribution < 1.29 is 14.2 Å². The molecule has 0 fully saturated rings. The predicted octanol–water partition coefficient (Wildman–Crippen LogP) is 2.33. The summed E-state index contributed by atoms with van der Waals surface area (Å²) in [5, 5.41) is 3.45. The van der Waals surface area contributed by atoms with Crippen molar-refractivity contribution in [3.8, 4) is 0 Å². The maximum absolute atomic E-state index is 5.65. The monoisotopic (exact) mass is 275 g/mol. The molecule has 0 heterocycles. The predicted molar refractivity (Wildman–Crippen MR) is 79.6 cm³/mol. The summed E-state index contributed by atoms with van der Waals surface area (Å²) in [4.78, 5) is 0. The van der Waals surface area contributed by atoms with Crippen LogP contribution in [-0.2, 0) is 14.2 Å². The summed E-state index contributed by atoms with van der Waals surface area (Å²) in [6.45, 7) is 14.5. The van der Waals surface area contributed by atoms with E-state index in [1.807, 2.05) is 0 Å². The average molecular weight is 275 g/mol.